The van der Waals surface area contributed by atoms with E-state index in [0.717, 1.165) is 0 Å². The molecule has 0 nitrogen and oxygen atoms in total. The van der Waals surface area contributed by atoms with Crippen LogP contribution in [0.3, 0.4) is 0 Å². The van der Waals surface area contributed by atoms with Gasteiger partial charge in [-0.25, -0.2) is 0 Å². The van der Waals surface area contributed by atoms with E-state index in [2.05, 4.69) is 168 Å². The third-order valence-corrected chi connectivity index (χ3v) is 17.0. The molecule has 286 valence electrons. The van der Waals surface area contributed by atoms with Crippen LogP contribution in [-0.4, -0.2) is 10.1 Å². The van der Waals surface area contributed by atoms with Crippen LogP contribution in [0, 0.1) is 0 Å². The molecule has 0 radical (unpaired) electrons. The Hall–Kier alpha value is -4.20. The van der Waals surface area contributed by atoms with E-state index in [1.54, 1.807) is 0 Å². The molecule has 0 bridgehead atoms. The first-order valence-corrected chi connectivity index (χ1v) is 23.1. The van der Waals surface area contributed by atoms with Crippen molar-refractivity contribution in [2.45, 2.75) is 132 Å². The van der Waals surface area contributed by atoms with Gasteiger partial charge in [0.1, 0.15) is 0 Å². The van der Waals surface area contributed by atoms with Crippen molar-refractivity contribution in [3.8, 4) is 33.4 Å². The lowest BCUT2D eigenvalue weighted by molar-refractivity contribution is 0.487. The van der Waals surface area contributed by atoms with Gasteiger partial charge in [-0.3, -0.25) is 0 Å². The van der Waals surface area contributed by atoms with Gasteiger partial charge in [-0.15, -0.1) is 10.5 Å². The van der Waals surface area contributed by atoms with Crippen LogP contribution in [0.4, 0.5) is 0 Å². The van der Waals surface area contributed by atoms with E-state index < -0.39 is 0 Å². The van der Waals surface area contributed by atoms with Crippen LogP contribution in [0.15, 0.2) is 126 Å². The fraction of sp³-hybridized carbons (Fsp3) is 0.364. The average molecular weight is 753 g/mol. The molecule has 0 amide bonds. The zero-order valence-corrected chi connectivity index (χ0v) is 35.5. The van der Waals surface area contributed by atoms with E-state index in [1.165, 1.54) is 141 Å². The molecular formula is C55H60S. The summed E-state index contributed by atoms with van der Waals surface area (Å²) in [5.41, 5.74) is 18.8. The molecule has 5 atom stereocenters. The van der Waals surface area contributed by atoms with Crippen molar-refractivity contribution in [2.24, 2.45) is 0 Å². The summed E-state index contributed by atoms with van der Waals surface area (Å²) in [4.78, 5) is 1.52. The van der Waals surface area contributed by atoms with Gasteiger partial charge in [-0.1, -0.05) is 188 Å². The summed E-state index contributed by atoms with van der Waals surface area (Å²) in [6, 6.07) is 40.6. The molecular weight excluding hydrogens is 693 g/mol. The number of hydrogen-bond acceptors (Lipinski definition) is 0. The van der Waals surface area contributed by atoms with Crippen molar-refractivity contribution < 1.29 is 0 Å². The quantitative estimate of drug-likeness (QED) is 0.0879. The summed E-state index contributed by atoms with van der Waals surface area (Å²) in [6.45, 7) is 14.5. The van der Waals surface area contributed by atoms with Gasteiger partial charge in [0.05, 0.1) is 0 Å². The van der Waals surface area contributed by atoms with Crippen LogP contribution < -0.4 is 0 Å². The normalized spacial score (nSPS) is 25.0. The Kier molecular flexibility index (Phi) is 9.77. The second kappa shape index (κ2) is 14.6. The van der Waals surface area contributed by atoms with Crippen LogP contribution in [-0.2, 0) is 10.8 Å². The molecule has 0 saturated carbocycles. The third kappa shape index (κ3) is 5.82. The number of hydrogen-bond donors (Lipinski definition) is 0. The van der Waals surface area contributed by atoms with Gasteiger partial charge in [-0.2, -0.15) is 0 Å². The van der Waals surface area contributed by atoms with Gasteiger partial charge < -0.3 is 0 Å². The van der Waals surface area contributed by atoms with Crippen LogP contribution >= 0.6 is 10.5 Å². The maximum Gasteiger partial charge on any atom is 0.0414 e. The lowest BCUT2D eigenvalue weighted by Crippen LogP contribution is -2.25. The van der Waals surface area contributed by atoms with Gasteiger partial charge in [0.2, 0.25) is 0 Å². The second-order valence-corrected chi connectivity index (χ2v) is 20.3. The number of benzene rings is 5. The van der Waals surface area contributed by atoms with Crippen molar-refractivity contribution in [1.82, 2.24) is 0 Å². The predicted octanol–water partition coefficient (Wildman–Crippen LogP) is 15.8. The molecule has 56 heavy (non-hydrogen) atoms. The third-order valence-electron chi connectivity index (χ3n) is 14.4. The zero-order valence-electron chi connectivity index (χ0n) is 34.7. The van der Waals surface area contributed by atoms with Crippen molar-refractivity contribution in [1.29, 1.82) is 0 Å². The number of allylic oxidation sites excluding steroid dienone is 3. The Morgan fingerprint density at radius 3 is 1.66 bits per heavy atom. The van der Waals surface area contributed by atoms with Crippen LogP contribution in [0.1, 0.15) is 145 Å². The SMILES string of the molecule is C/C=S1\c2cc(-c3ccc4c(c3)C(C)(CCCCCC)c3ccccc3-4)ccc2C2C=CC(c3ccc4c(c3)C(C)(CCCCCC)c3ccccc3-4)=CC21C. The standard InChI is InChI=1S/C55H60S/c1-7-10-12-18-32-53(4)47-22-16-14-20-42(47)44-28-24-38(34-50(44)53)40-26-30-46-49-31-27-41(37-55(49,6)56(9-3)52(46)36-40)39-25-29-45-43-21-15-17-23-48(43)54(5,51(45)35-39)33-19-13-11-8-2/h9,14-17,20-31,34-37,49H,7-8,10-13,18-19,32-33H2,1-6H3. The Morgan fingerprint density at radius 2 is 1.07 bits per heavy atom. The van der Waals surface area contributed by atoms with Crippen LogP contribution in [0.2, 0.25) is 0 Å². The lowest BCUT2D eigenvalue weighted by atomic mass is 9.75. The van der Waals surface area contributed by atoms with Crippen LogP contribution in [0.5, 0.6) is 0 Å². The van der Waals surface area contributed by atoms with E-state index in [0.29, 0.717) is 5.92 Å². The highest BCUT2D eigenvalue weighted by Crippen LogP contribution is 2.62. The molecule has 0 saturated heterocycles. The van der Waals surface area contributed by atoms with Gasteiger partial charge in [-0.05, 0) is 117 Å². The molecule has 1 aliphatic heterocycles. The van der Waals surface area contributed by atoms with E-state index in [1.807, 2.05) is 0 Å². The Morgan fingerprint density at radius 1 is 0.554 bits per heavy atom. The van der Waals surface area contributed by atoms with Crippen molar-refractivity contribution in [3.63, 3.8) is 0 Å². The van der Waals surface area contributed by atoms with E-state index in [-0.39, 0.29) is 26.1 Å². The summed E-state index contributed by atoms with van der Waals surface area (Å²) in [5, 5.41) is 2.51. The van der Waals surface area contributed by atoms with Gasteiger partial charge >= 0.3 is 0 Å². The highest BCUT2D eigenvalue weighted by atomic mass is 32.2. The summed E-state index contributed by atoms with van der Waals surface area (Å²) in [5.74, 6) is 0.373. The summed E-state index contributed by atoms with van der Waals surface area (Å²) >= 11 is 0. The second-order valence-electron chi connectivity index (χ2n) is 17.8. The van der Waals surface area contributed by atoms with Crippen molar-refractivity contribution >= 4 is 21.4 Å². The molecule has 1 heterocycles. The maximum absolute atomic E-state index is 2.65. The molecule has 4 aliphatic rings. The minimum Gasteiger partial charge on any atom is -0.148 e. The molecule has 5 aromatic carbocycles. The smallest absolute Gasteiger partial charge is 0.0414 e. The predicted molar refractivity (Wildman–Crippen MR) is 245 cm³/mol. The molecule has 1 heteroatoms. The van der Waals surface area contributed by atoms with Gasteiger partial charge in [0, 0.05) is 26.4 Å². The molecule has 9 rings (SSSR count). The molecule has 3 aliphatic carbocycles. The zero-order chi connectivity index (χ0) is 38.7. The molecule has 5 unspecified atom stereocenters. The maximum atomic E-state index is 2.65. The average Bonchev–Trinajstić information content (AvgIpc) is 3.74. The lowest BCUT2D eigenvalue weighted by Gasteiger charge is -2.33. The van der Waals surface area contributed by atoms with E-state index >= 15 is 0 Å². The fourth-order valence-electron chi connectivity index (χ4n) is 11.3. The highest BCUT2D eigenvalue weighted by molar-refractivity contribution is 8.16. The first-order chi connectivity index (χ1) is 27.2. The minimum atomic E-state index is -0.0294. The summed E-state index contributed by atoms with van der Waals surface area (Å²) in [7, 11) is -0.0294. The molecule has 0 aromatic heterocycles. The Labute approximate surface area is 340 Å². The van der Waals surface area contributed by atoms with Gasteiger partial charge in [0.25, 0.3) is 0 Å². The Bertz CT molecular complexity index is 2420. The van der Waals surface area contributed by atoms with Crippen molar-refractivity contribution in [2.75, 3.05) is 0 Å². The van der Waals surface area contributed by atoms with E-state index in [9.17, 15) is 0 Å². The first kappa shape index (κ1) is 37.4. The monoisotopic (exact) mass is 752 g/mol. The van der Waals surface area contributed by atoms with Gasteiger partial charge in [0.15, 0.2) is 0 Å². The number of unbranched alkanes of at least 4 members (excludes halogenated alkanes) is 6. The summed E-state index contributed by atoms with van der Waals surface area (Å²) < 4.78 is 0.00185. The van der Waals surface area contributed by atoms with Crippen LogP contribution in [0.25, 0.3) is 39.0 Å². The van der Waals surface area contributed by atoms with E-state index in [4.69, 9.17) is 0 Å². The first-order valence-electron chi connectivity index (χ1n) is 21.8. The Balaban J connectivity index is 1.05. The molecule has 0 N–H and O–H groups in total. The highest BCUT2D eigenvalue weighted by Gasteiger charge is 2.45. The number of fused-ring (bicyclic) bond motifs is 9. The summed E-state index contributed by atoms with van der Waals surface area (Å²) in [6.07, 6.45) is 20.4. The fourth-order valence-corrected chi connectivity index (χ4v) is 13.9. The van der Waals surface area contributed by atoms with Crippen molar-refractivity contribution in [3.05, 3.63) is 155 Å². The molecule has 0 fully saturated rings. The minimum absolute atomic E-state index is 0.00185. The topological polar surface area (TPSA) is 0 Å². The molecule has 5 aromatic rings. The molecule has 0 spiro atoms. The number of rotatable bonds is 12. The largest absolute Gasteiger partial charge is 0.148 e.